The molecule has 25 heavy (non-hydrogen) atoms. The summed E-state index contributed by atoms with van der Waals surface area (Å²) in [5.74, 6) is 1.17. The highest BCUT2D eigenvalue weighted by atomic mass is 35.5. The van der Waals surface area contributed by atoms with Crippen LogP contribution in [0.3, 0.4) is 0 Å². The number of carbonyl (C=O) groups excluding carboxylic acids is 1. The zero-order valence-electron chi connectivity index (χ0n) is 15.8. The Morgan fingerprint density at radius 1 is 1.16 bits per heavy atom. The Bertz CT molecular complexity index is 546. The summed E-state index contributed by atoms with van der Waals surface area (Å²) in [6.07, 6.45) is 6.66. The van der Waals surface area contributed by atoms with E-state index in [1.165, 1.54) is 36.8 Å². The molecule has 140 valence electrons. The first-order valence-corrected chi connectivity index (χ1v) is 9.69. The van der Waals surface area contributed by atoms with Crippen LogP contribution in [0.5, 0.6) is 0 Å². The Kier molecular flexibility index (Phi) is 7.33. The lowest BCUT2D eigenvalue weighted by molar-refractivity contribution is -0.123. The molecular weight excluding hydrogens is 332 g/mol. The highest BCUT2D eigenvalue weighted by Crippen LogP contribution is 2.33. The van der Waals surface area contributed by atoms with Crippen LogP contribution < -0.4 is 10.6 Å². The van der Waals surface area contributed by atoms with Gasteiger partial charge in [0.25, 0.3) is 0 Å². The number of rotatable bonds is 6. The van der Waals surface area contributed by atoms with Gasteiger partial charge in [0.15, 0.2) is 0 Å². The Balaban J connectivity index is 0.00000225. The van der Waals surface area contributed by atoms with E-state index in [0.717, 1.165) is 6.42 Å². The average molecular weight is 365 g/mol. The largest absolute Gasteiger partial charge is 0.349 e. The van der Waals surface area contributed by atoms with Crippen molar-refractivity contribution in [3.63, 3.8) is 0 Å². The van der Waals surface area contributed by atoms with Crippen LogP contribution in [0.2, 0.25) is 0 Å². The van der Waals surface area contributed by atoms with Crippen LogP contribution in [-0.2, 0) is 11.2 Å². The molecule has 1 aromatic carbocycles. The second kappa shape index (κ2) is 9.05. The maximum Gasteiger partial charge on any atom is 0.220 e. The normalized spacial score (nSPS) is 26.2. The van der Waals surface area contributed by atoms with Gasteiger partial charge in [-0.25, -0.2) is 0 Å². The van der Waals surface area contributed by atoms with E-state index in [4.69, 9.17) is 0 Å². The molecule has 3 unspecified atom stereocenters. The summed E-state index contributed by atoms with van der Waals surface area (Å²) < 4.78 is 0. The van der Waals surface area contributed by atoms with Gasteiger partial charge in [-0.1, -0.05) is 45.0 Å². The molecule has 4 heteroatoms. The third kappa shape index (κ3) is 5.21. The molecule has 1 aromatic rings. The molecule has 3 nitrogen and oxygen atoms in total. The van der Waals surface area contributed by atoms with Crippen molar-refractivity contribution in [3.8, 4) is 0 Å². The summed E-state index contributed by atoms with van der Waals surface area (Å²) >= 11 is 0. The molecule has 0 aromatic heterocycles. The maximum absolute atomic E-state index is 12.6. The predicted molar refractivity (Wildman–Crippen MR) is 106 cm³/mol. The van der Waals surface area contributed by atoms with E-state index in [1.807, 2.05) is 0 Å². The highest BCUT2D eigenvalue weighted by molar-refractivity contribution is 5.85. The molecule has 0 aliphatic carbocycles. The molecule has 0 saturated carbocycles. The van der Waals surface area contributed by atoms with Crippen molar-refractivity contribution in [2.24, 2.45) is 11.8 Å². The van der Waals surface area contributed by atoms with Crippen molar-refractivity contribution in [2.75, 3.05) is 0 Å². The van der Waals surface area contributed by atoms with Crippen LogP contribution in [-0.4, -0.2) is 18.0 Å². The van der Waals surface area contributed by atoms with Crippen LogP contribution in [0.15, 0.2) is 24.3 Å². The van der Waals surface area contributed by atoms with Gasteiger partial charge in [0, 0.05) is 18.5 Å². The van der Waals surface area contributed by atoms with Crippen LogP contribution >= 0.6 is 12.4 Å². The summed E-state index contributed by atoms with van der Waals surface area (Å²) in [7, 11) is 0. The fraction of sp³-hybridized carbons (Fsp3) is 0.667. The number of hydrogen-bond acceptors (Lipinski definition) is 2. The molecule has 0 spiro atoms. The topological polar surface area (TPSA) is 41.1 Å². The van der Waals surface area contributed by atoms with Gasteiger partial charge in [-0.2, -0.15) is 0 Å². The molecule has 0 radical (unpaired) electrons. The van der Waals surface area contributed by atoms with E-state index < -0.39 is 0 Å². The minimum absolute atomic E-state index is 0. The minimum Gasteiger partial charge on any atom is -0.349 e. The number of halogens is 1. The summed E-state index contributed by atoms with van der Waals surface area (Å²) in [6.45, 7) is 6.54. The van der Waals surface area contributed by atoms with E-state index >= 15 is 0 Å². The fourth-order valence-corrected chi connectivity index (χ4v) is 4.43. The summed E-state index contributed by atoms with van der Waals surface area (Å²) in [4.78, 5) is 12.6. The van der Waals surface area contributed by atoms with Gasteiger partial charge in [0.1, 0.15) is 0 Å². The summed E-state index contributed by atoms with van der Waals surface area (Å²) in [5.41, 5.74) is 2.57. The summed E-state index contributed by atoms with van der Waals surface area (Å²) in [6, 6.07) is 10.1. The molecule has 1 amide bonds. The van der Waals surface area contributed by atoms with E-state index in [0.29, 0.717) is 30.3 Å². The van der Waals surface area contributed by atoms with Gasteiger partial charge >= 0.3 is 0 Å². The highest BCUT2D eigenvalue weighted by Gasteiger charge is 2.34. The first kappa shape index (κ1) is 20.3. The Morgan fingerprint density at radius 3 is 2.28 bits per heavy atom. The lowest BCUT2D eigenvalue weighted by Gasteiger charge is -2.30. The van der Waals surface area contributed by atoms with Crippen LogP contribution in [0.4, 0.5) is 0 Å². The first-order chi connectivity index (χ1) is 11.5. The average Bonchev–Trinajstić information content (AvgIpc) is 2.91. The lowest BCUT2D eigenvalue weighted by Crippen LogP contribution is -2.40. The number of benzene rings is 1. The lowest BCUT2D eigenvalue weighted by atomic mass is 9.88. The van der Waals surface area contributed by atoms with Gasteiger partial charge in [-0.05, 0) is 55.1 Å². The Hall–Kier alpha value is -1.06. The molecule has 3 rings (SSSR count). The number of fused-ring (bicyclic) bond motifs is 2. The number of hydrogen-bond donors (Lipinski definition) is 2. The molecule has 2 aliphatic heterocycles. The number of piperidine rings is 1. The quantitative estimate of drug-likeness (QED) is 0.785. The zero-order chi connectivity index (χ0) is 17.1. The number of carbonyl (C=O) groups is 1. The predicted octanol–water partition coefficient (Wildman–Crippen LogP) is 4.40. The van der Waals surface area contributed by atoms with Crippen molar-refractivity contribution < 1.29 is 4.79 Å². The molecule has 2 heterocycles. The van der Waals surface area contributed by atoms with Crippen molar-refractivity contribution >= 4 is 18.3 Å². The Morgan fingerprint density at radius 2 is 1.76 bits per heavy atom. The van der Waals surface area contributed by atoms with Crippen LogP contribution in [0.25, 0.3) is 0 Å². The molecule has 3 atom stereocenters. The fourth-order valence-electron chi connectivity index (χ4n) is 4.43. The number of amides is 1. The van der Waals surface area contributed by atoms with Crippen molar-refractivity contribution in [3.05, 3.63) is 35.4 Å². The van der Waals surface area contributed by atoms with Gasteiger partial charge in [0.2, 0.25) is 5.91 Å². The van der Waals surface area contributed by atoms with Crippen LogP contribution in [0, 0.1) is 11.8 Å². The van der Waals surface area contributed by atoms with E-state index in [9.17, 15) is 4.79 Å². The minimum atomic E-state index is 0. The number of nitrogens with one attached hydrogen (secondary N) is 2. The molecule has 2 fully saturated rings. The van der Waals surface area contributed by atoms with E-state index in [2.05, 4.69) is 55.7 Å². The van der Waals surface area contributed by atoms with Gasteiger partial charge in [-0.3, -0.25) is 4.79 Å². The molecule has 2 N–H and O–H groups in total. The first-order valence-electron chi connectivity index (χ1n) is 9.69. The summed E-state index contributed by atoms with van der Waals surface area (Å²) in [5, 5.41) is 6.97. The van der Waals surface area contributed by atoms with Crippen molar-refractivity contribution in [2.45, 2.75) is 77.4 Å². The molecule has 2 bridgehead atoms. The van der Waals surface area contributed by atoms with Crippen molar-refractivity contribution in [1.29, 1.82) is 0 Å². The number of aryl methyl sites for hydroxylation is 1. The zero-order valence-corrected chi connectivity index (χ0v) is 16.6. The van der Waals surface area contributed by atoms with Crippen molar-refractivity contribution in [1.82, 2.24) is 10.6 Å². The standard InChI is InChI=1S/C21H32N2O.ClH/c1-4-15-5-7-17(8-6-15)21(14(2)3)23-20(24)13-16-11-18-9-10-19(12-16)22-18;/h5-8,14,16,18-19,21-22H,4,9-13H2,1-3H3,(H,23,24);1H. The molecule has 2 aliphatic rings. The molecule has 2 saturated heterocycles. The third-order valence-electron chi connectivity index (χ3n) is 5.78. The molecular formula is C21H33ClN2O. The van der Waals surface area contributed by atoms with Gasteiger partial charge in [-0.15, -0.1) is 12.4 Å². The maximum atomic E-state index is 12.6. The van der Waals surface area contributed by atoms with E-state index in [1.54, 1.807) is 0 Å². The second-order valence-corrected chi connectivity index (χ2v) is 8.06. The Labute approximate surface area is 158 Å². The van der Waals surface area contributed by atoms with E-state index in [-0.39, 0.29) is 24.4 Å². The third-order valence-corrected chi connectivity index (χ3v) is 5.78. The van der Waals surface area contributed by atoms with Crippen LogP contribution in [0.1, 0.15) is 70.0 Å². The van der Waals surface area contributed by atoms with Gasteiger partial charge < -0.3 is 10.6 Å². The smallest absolute Gasteiger partial charge is 0.220 e. The monoisotopic (exact) mass is 364 g/mol. The second-order valence-electron chi connectivity index (χ2n) is 8.06. The SMILES string of the molecule is CCc1ccc(C(NC(=O)CC2CC3CCC(C2)N3)C(C)C)cc1.Cl. The van der Waals surface area contributed by atoms with Gasteiger partial charge in [0.05, 0.1) is 6.04 Å².